The van der Waals surface area contributed by atoms with Crippen molar-refractivity contribution in [2.45, 2.75) is 52.6 Å². The second kappa shape index (κ2) is 5.07. The highest BCUT2D eigenvalue weighted by atomic mass is 15.3. The summed E-state index contributed by atoms with van der Waals surface area (Å²) in [5.41, 5.74) is 2.59. The van der Waals surface area contributed by atoms with Crippen molar-refractivity contribution >= 4 is 5.96 Å². The number of rotatable bonds is 3. The van der Waals surface area contributed by atoms with Crippen LogP contribution in [0.25, 0.3) is 0 Å². The van der Waals surface area contributed by atoms with Gasteiger partial charge in [0.15, 0.2) is 0 Å². The molecule has 0 unspecified atom stereocenters. The van der Waals surface area contributed by atoms with E-state index in [4.69, 9.17) is 5.84 Å². The van der Waals surface area contributed by atoms with Crippen LogP contribution in [-0.2, 0) is 0 Å². The van der Waals surface area contributed by atoms with Crippen LogP contribution in [0.3, 0.4) is 0 Å². The molecule has 4 nitrogen and oxygen atoms in total. The second-order valence-electron chi connectivity index (χ2n) is 4.08. The summed E-state index contributed by atoms with van der Waals surface area (Å²) in [4.78, 5) is 4.30. The number of nitrogens with one attached hydrogen (secondary N) is 2. The summed E-state index contributed by atoms with van der Waals surface area (Å²) < 4.78 is 0. The smallest absolute Gasteiger partial charge is 0.206 e. The Labute approximate surface area is 81.0 Å². The van der Waals surface area contributed by atoms with Gasteiger partial charge in [0.1, 0.15) is 0 Å². The van der Waals surface area contributed by atoms with E-state index in [9.17, 15) is 0 Å². The van der Waals surface area contributed by atoms with Crippen LogP contribution in [0.4, 0.5) is 0 Å². The lowest BCUT2D eigenvalue weighted by Gasteiger charge is -2.26. The maximum absolute atomic E-state index is 5.34. The van der Waals surface area contributed by atoms with Crippen LogP contribution in [0.15, 0.2) is 4.99 Å². The SMILES string of the molecule is CCC(C)(C)NC(=NC(C)C)NN. The molecule has 0 aromatic rings. The first-order valence-corrected chi connectivity index (χ1v) is 4.74. The fourth-order valence-corrected chi connectivity index (χ4v) is 0.773. The number of aliphatic imine (C=N–C) groups is 1. The minimum absolute atomic E-state index is 0.0279. The standard InChI is InChI=1S/C9H22N4/c1-6-9(4,5)12-8(13-10)11-7(2)3/h7H,6,10H2,1-5H3,(H2,11,12,13). The van der Waals surface area contributed by atoms with Gasteiger partial charge in [-0.2, -0.15) is 0 Å². The minimum atomic E-state index is 0.0279. The zero-order valence-electron chi connectivity index (χ0n) is 9.31. The van der Waals surface area contributed by atoms with E-state index in [1.165, 1.54) is 0 Å². The molecule has 0 aromatic heterocycles. The highest BCUT2D eigenvalue weighted by Gasteiger charge is 2.15. The molecule has 4 N–H and O–H groups in total. The van der Waals surface area contributed by atoms with Gasteiger partial charge in [0.2, 0.25) is 5.96 Å². The van der Waals surface area contributed by atoms with Crippen LogP contribution in [-0.4, -0.2) is 17.5 Å². The summed E-state index contributed by atoms with van der Waals surface area (Å²) in [7, 11) is 0. The minimum Gasteiger partial charge on any atom is -0.350 e. The summed E-state index contributed by atoms with van der Waals surface area (Å²) in [5, 5.41) is 3.24. The molecule has 13 heavy (non-hydrogen) atoms. The van der Waals surface area contributed by atoms with E-state index < -0.39 is 0 Å². The first-order chi connectivity index (χ1) is 5.91. The Hall–Kier alpha value is -0.770. The van der Waals surface area contributed by atoms with Crippen molar-refractivity contribution in [3.8, 4) is 0 Å². The van der Waals surface area contributed by atoms with Crippen molar-refractivity contribution < 1.29 is 0 Å². The van der Waals surface area contributed by atoms with Crippen molar-refractivity contribution in [1.82, 2.24) is 10.7 Å². The Morgan fingerprint density at radius 1 is 1.46 bits per heavy atom. The van der Waals surface area contributed by atoms with Crippen molar-refractivity contribution in [2.75, 3.05) is 0 Å². The van der Waals surface area contributed by atoms with Crippen LogP contribution in [0, 0.1) is 0 Å². The van der Waals surface area contributed by atoms with Gasteiger partial charge in [-0.25, -0.2) is 10.8 Å². The summed E-state index contributed by atoms with van der Waals surface area (Å²) in [5.74, 6) is 5.99. The first kappa shape index (κ1) is 12.2. The van der Waals surface area contributed by atoms with Gasteiger partial charge < -0.3 is 5.32 Å². The van der Waals surface area contributed by atoms with E-state index in [1.807, 2.05) is 13.8 Å². The van der Waals surface area contributed by atoms with E-state index in [-0.39, 0.29) is 11.6 Å². The van der Waals surface area contributed by atoms with E-state index in [2.05, 4.69) is 36.5 Å². The molecule has 0 heterocycles. The van der Waals surface area contributed by atoms with E-state index in [1.54, 1.807) is 0 Å². The fourth-order valence-electron chi connectivity index (χ4n) is 0.773. The maximum atomic E-state index is 5.34. The van der Waals surface area contributed by atoms with Gasteiger partial charge >= 0.3 is 0 Å². The van der Waals surface area contributed by atoms with Crippen LogP contribution in [0.1, 0.15) is 41.0 Å². The quantitative estimate of drug-likeness (QED) is 0.266. The molecular formula is C9H22N4. The van der Waals surface area contributed by atoms with Gasteiger partial charge in [-0.05, 0) is 34.1 Å². The number of hydrogen-bond donors (Lipinski definition) is 3. The maximum Gasteiger partial charge on any atom is 0.206 e. The summed E-state index contributed by atoms with van der Waals surface area (Å²) in [6.45, 7) is 10.4. The lowest BCUT2D eigenvalue weighted by atomic mass is 10.0. The van der Waals surface area contributed by atoms with Gasteiger partial charge in [-0.3, -0.25) is 5.43 Å². The number of hydrazine groups is 1. The van der Waals surface area contributed by atoms with Crippen molar-refractivity contribution in [1.29, 1.82) is 0 Å². The molecule has 0 rings (SSSR count). The molecule has 0 aromatic carbocycles. The average Bonchev–Trinajstić information content (AvgIpc) is 2.02. The molecule has 0 bridgehead atoms. The van der Waals surface area contributed by atoms with Gasteiger partial charge in [0.05, 0.1) is 0 Å². The molecule has 0 saturated heterocycles. The predicted molar refractivity (Wildman–Crippen MR) is 57.4 cm³/mol. The number of nitrogens with zero attached hydrogens (tertiary/aromatic N) is 1. The van der Waals surface area contributed by atoms with Gasteiger partial charge in [0.25, 0.3) is 0 Å². The van der Waals surface area contributed by atoms with E-state index >= 15 is 0 Å². The van der Waals surface area contributed by atoms with Gasteiger partial charge in [-0.1, -0.05) is 6.92 Å². The molecule has 0 aliphatic carbocycles. The topological polar surface area (TPSA) is 62.4 Å². The van der Waals surface area contributed by atoms with E-state index in [0.717, 1.165) is 6.42 Å². The molecule has 0 aliphatic rings. The summed E-state index contributed by atoms with van der Waals surface area (Å²) >= 11 is 0. The molecule has 0 aliphatic heterocycles. The fraction of sp³-hybridized carbons (Fsp3) is 0.889. The largest absolute Gasteiger partial charge is 0.350 e. The molecular weight excluding hydrogens is 164 g/mol. The Kier molecular flexibility index (Phi) is 4.77. The Morgan fingerprint density at radius 3 is 2.31 bits per heavy atom. The van der Waals surface area contributed by atoms with E-state index in [0.29, 0.717) is 5.96 Å². The molecule has 78 valence electrons. The summed E-state index contributed by atoms with van der Waals surface area (Å²) in [6, 6.07) is 0.242. The molecule has 4 heteroatoms. The lowest BCUT2D eigenvalue weighted by Crippen LogP contribution is -2.51. The highest BCUT2D eigenvalue weighted by molar-refractivity contribution is 5.80. The second-order valence-corrected chi connectivity index (χ2v) is 4.08. The zero-order valence-corrected chi connectivity index (χ0v) is 9.31. The van der Waals surface area contributed by atoms with Gasteiger partial charge in [-0.15, -0.1) is 0 Å². The van der Waals surface area contributed by atoms with Crippen molar-refractivity contribution in [2.24, 2.45) is 10.8 Å². The predicted octanol–water partition coefficient (Wildman–Crippen LogP) is 0.992. The van der Waals surface area contributed by atoms with Crippen molar-refractivity contribution in [3.05, 3.63) is 0 Å². The number of hydrogen-bond acceptors (Lipinski definition) is 2. The molecule has 0 atom stereocenters. The average molecular weight is 186 g/mol. The van der Waals surface area contributed by atoms with Crippen LogP contribution in [0.5, 0.6) is 0 Å². The van der Waals surface area contributed by atoms with Gasteiger partial charge in [0, 0.05) is 11.6 Å². The zero-order chi connectivity index (χ0) is 10.5. The van der Waals surface area contributed by atoms with Crippen LogP contribution >= 0.6 is 0 Å². The number of nitrogens with two attached hydrogens (primary N) is 1. The molecule has 0 radical (unpaired) electrons. The van der Waals surface area contributed by atoms with Crippen LogP contribution in [0.2, 0.25) is 0 Å². The molecule has 0 spiro atoms. The first-order valence-electron chi connectivity index (χ1n) is 4.74. The van der Waals surface area contributed by atoms with Crippen molar-refractivity contribution in [3.63, 3.8) is 0 Å². The normalized spacial score (nSPS) is 13.3. The number of guanidine groups is 1. The third-order valence-electron chi connectivity index (χ3n) is 1.86. The Morgan fingerprint density at radius 2 is 2.00 bits per heavy atom. The third kappa shape index (κ3) is 5.47. The monoisotopic (exact) mass is 186 g/mol. The molecule has 0 amide bonds. The Balaban J connectivity index is 4.29. The lowest BCUT2D eigenvalue weighted by molar-refractivity contribution is 0.437. The Bertz CT molecular complexity index is 172. The molecule has 0 fully saturated rings. The molecule has 0 saturated carbocycles. The third-order valence-corrected chi connectivity index (χ3v) is 1.86. The van der Waals surface area contributed by atoms with Crippen LogP contribution < -0.4 is 16.6 Å². The highest BCUT2D eigenvalue weighted by Crippen LogP contribution is 2.06. The summed E-state index contributed by atoms with van der Waals surface area (Å²) in [6.07, 6.45) is 1.02.